The number of carbonyl (C=O) groups is 2. The van der Waals surface area contributed by atoms with Crippen LogP contribution in [-0.4, -0.2) is 41.2 Å². The average Bonchev–Trinajstić information content (AvgIpc) is 3.43. The molecule has 1 aliphatic rings. The van der Waals surface area contributed by atoms with Crippen LogP contribution in [0.15, 0.2) is 58.5 Å². The highest BCUT2D eigenvalue weighted by Crippen LogP contribution is 2.39. The number of furan rings is 1. The highest BCUT2D eigenvalue weighted by Gasteiger charge is 2.34. The third-order valence-corrected chi connectivity index (χ3v) is 6.49. The molecule has 150 valence electrons. The minimum Gasteiger partial charge on any atom is -0.459 e. The van der Waals surface area contributed by atoms with Gasteiger partial charge in [0.15, 0.2) is 5.76 Å². The zero-order valence-electron chi connectivity index (χ0n) is 16.6. The van der Waals surface area contributed by atoms with Crippen LogP contribution in [0, 0.1) is 6.92 Å². The zero-order chi connectivity index (χ0) is 20.4. The number of benzene rings is 1. The van der Waals surface area contributed by atoms with Gasteiger partial charge in [-0.3, -0.25) is 9.59 Å². The Morgan fingerprint density at radius 2 is 2.00 bits per heavy atom. The lowest BCUT2D eigenvalue weighted by Crippen LogP contribution is -2.46. The molecular weight excluding hydrogens is 384 g/mol. The molecule has 6 heteroatoms. The van der Waals surface area contributed by atoms with Crippen LogP contribution >= 0.6 is 11.3 Å². The van der Waals surface area contributed by atoms with Crippen molar-refractivity contribution in [2.45, 2.75) is 26.3 Å². The van der Waals surface area contributed by atoms with Crippen molar-refractivity contribution in [3.8, 4) is 0 Å². The molecule has 0 N–H and O–H groups in total. The zero-order valence-corrected chi connectivity index (χ0v) is 17.4. The fourth-order valence-electron chi connectivity index (χ4n) is 3.95. The lowest BCUT2D eigenvalue weighted by molar-refractivity contribution is -0.134. The van der Waals surface area contributed by atoms with Gasteiger partial charge in [0.05, 0.1) is 12.3 Å². The number of hydrogen-bond donors (Lipinski definition) is 0. The second-order valence-corrected chi connectivity index (χ2v) is 8.19. The monoisotopic (exact) mass is 408 g/mol. The summed E-state index contributed by atoms with van der Waals surface area (Å²) in [6, 6.07) is 13.5. The molecule has 29 heavy (non-hydrogen) atoms. The van der Waals surface area contributed by atoms with Crippen molar-refractivity contribution in [2.75, 3.05) is 19.6 Å². The van der Waals surface area contributed by atoms with Crippen LogP contribution in [0.1, 0.15) is 45.1 Å². The Kier molecular flexibility index (Phi) is 5.53. The molecule has 2 aromatic heterocycles. The maximum absolute atomic E-state index is 13.4. The number of nitrogens with zero attached hydrogens (tertiary/aromatic N) is 2. The lowest BCUT2D eigenvalue weighted by atomic mass is 9.90. The van der Waals surface area contributed by atoms with Crippen LogP contribution < -0.4 is 0 Å². The van der Waals surface area contributed by atoms with Gasteiger partial charge in [0, 0.05) is 18.0 Å². The number of hydrogen-bond acceptors (Lipinski definition) is 4. The maximum Gasteiger partial charge on any atom is 0.290 e. The molecule has 2 amide bonds. The summed E-state index contributed by atoms with van der Waals surface area (Å²) < 4.78 is 5.23. The second kappa shape index (κ2) is 8.25. The van der Waals surface area contributed by atoms with Gasteiger partial charge in [-0.25, -0.2) is 0 Å². The van der Waals surface area contributed by atoms with Crippen molar-refractivity contribution in [2.24, 2.45) is 0 Å². The molecule has 3 heterocycles. The number of likely N-dealkylation sites (N-methyl/N-ethyl adjacent to an activating group) is 1. The van der Waals surface area contributed by atoms with Crippen molar-refractivity contribution >= 4 is 23.2 Å². The Hall–Kier alpha value is -2.86. The lowest BCUT2D eigenvalue weighted by Gasteiger charge is -2.38. The van der Waals surface area contributed by atoms with E-state index < -0.39 is 0 Å². The smallest absolute Gasteiger partial charge is 0.290 e. The minimum absolute atomic E-state index is 0.0396. The third kappa shape index (κ3) is 3.72. The predicted octanol–water partition coefficient (Wildman–Crippen LogP) is 4.29. The molecule has 0 fully saturated rings. The summed E-state index contributed by atoms with van der Waals surface area (Å²) in [6.45, 7) is 5.09. The first-order valence-electron chi connectivity index (χ1n) is 9.84. The molecule has 4 rings (SSSR count). The summed E-state index contributed by atoms with van der Waals surface area (Å²) in [7, 11) is 0. The summed E-state index contributed by atoms with van der Waals surface area (Å²) in [6.07, 6.45) is 2.32. The molecule has 1 atom stereocenters. The van der Waals surface area contributed by atoms with Crippen LogP contribution in [0.3, 0.4) is 0 Å². The Bertz CT molecular complexity index is 1010. The van der Waals surface area contributed by atoms with Gasteiger partial charge in [0.2, 0.25) is 5.91 Å². The van der Waals surface area contributed by atoms with E-state index in [-0.39, 0.29) is 30.2 Å². The van der Waals surface area contributed by atoms with Crippen LogP contribution in [0.25, 0.3) is 0 Å². The SMILES string of the molecule is CCN(CC(=O)N1CCc2sccc2C1c1ccccc1C)C(=O)c1ccco1. The van der Waals surface area contributed by atoms with Crippen molar-refractivity contribution < 1.29 is 14.0 Å². The van der Waals surface area contributed by atoms with Gasteiger partial charge in [-0.1, -0.05) is 24.3 Å². The van der Waals surface area contributed by atoms with E-state index in [9.17, 15) is 9.59 Å². The minimum atomic E-state index is -0.258. The predicted molar refractivity (Wildman–Crippen MR) is 113 cm³/mol. The molecule has 0 saturated heterocycles. The van der Waals surface area contributed by atoms with E-state index >= 15 is 0 Å². The van der Waals surface area contributed by atoms with Gasteiger partial charge in [0.25, 0.3) is 5.91 Å². The highest BCUT2D eigenvalue weighted by atomic mass is 32.1. The van der Waals surface area contributed by atoms with Gasteiger partial charge < -0.3 is 14.2 Å². The Balaban J connectivity index is 1.63. The van der Waals surface area contributed by atoms with E-state index in [4.69, 9.17) is 4.42 Å². The van der Waals surface area contributed by atoms with Crippen molar-refractivity contribution in [3.05, 3.63) is 81.4 Å². The quantitative estimate of drug-likeness (QED) is 0.633. The number of fused-ring (bicyclic) bond motifs is 1. The number of amides is 2. The van der Waals surface area contributed by atoms with Gasteiger partial charge in [-0.2, -0.15) is 0 Å². The number of carbonyl (C=O) groups excluding carboxylic acids is 2. The molecule has 0 radical (unpaired) electrons. The largest absolute Gasteiger partial charge is 0.459 e. The third-order valence-electron chi connectivity index (χ3n) is 5.50. The number of thiophene rings is 1. The van der Waals surface area contributed by atoms with Crippen molar-refractivity contribution in [3.63, 3.8) is 0 Å². The van der Waals surface area contributed by atoms with Crippen molar-refractivity contribution in [1.82, 2.24) is 9.80 Å². The fourth-order valence-corrected chi connectivity index (χ4v) is 4.86. The Morgan fingerprint density at radius 3 is 2.72 bits per heavy atom. The van der Waals surface area contributed by atoms with E-state index in [2.05, 4.69) is 30.5 Å². The van der Waals surface area contributed by atoms with E-state index in [0.29, 0.717) is 13.1 Å². The molecule has 0 bridgehead atoms. The standard InChI is InChI=1S/C23H24N2O3S/c1-3-24(23(27)19-9-6-13-28-19)15-21(26)25-12-10-20-18(11-14-29-20)22(25)17-8-5-4-7-16(17)2/h4-9,11,13-14,22H,3,10,12,15H2,1-2H3. The normalized spacial score (nSPS) is 15.8. The molecule has 0 saturated carbocycles. The molecule has 0 spiro atoms. The van der Waals surface area contributed by atoms with Crippen molar-refractivity contribution in [1.29, 1.82) is 0 Å². The second-order valence-electron chi connectivity index (χ2n) is 7.19. The summed E-state index contributed by atoms with van der Waals surface area (Å²) in [5.41, 5.74) is 3.50. The van der Waals surface area contributed by atoms with Gasteiger partial charge in [-0.05, 0) is 60.5 Å². The van der Waals surface area contributed by atoms with E-state index in [1.807, 2.05) is 24.0 Å². The first-order valence-corrected chi connectivity index (χ1v) is 10.7. The summed E-state index contributed by atoms with van der Waals surface area (Å²) in [4.78, 5) is 30.9. The van der Waals surface area contributed by atoms with Crippen LogP contribution in [0.2, 0.25) is 0 Å². The first kappa shape index (κ1) is 19.5. The van der Waals surface area contributed by atoms with Crippen LogP contribution in [-0.2, 0) is 11.2 Å². The molecule has 3 aromatic rings. The van der Waals surface area contributed by atoms with Gasteiger partial charge >= 0.3 is 0 Å². The molecule has 1 aromatic carbocycles. The van der Waals surface area contributed by atoms with Crippen LogP contribution in [0.5, 0.6) is 0 Å². The molecule has 1 aliphatic heterocycles. The maximum atomic E-state index is 13.4. The van der Waals surface area contributed by atoms with Gasteiger partial charge in [-0.15, -0.1) is 11.3 Å². The molecule has 0 aliphatic carbocycles. The fraction of sp³-hybridized carbons (Fsp3) is 0.304. The molecule has 5 nitrogen and oxygen atoms in total. The molecule has 1 unspecified atom stereocenters. The Labute approximate surface area is 174 Å². The van der Waals surface area contributed by atoms with E-state index in [1.165, 1.54) is 16.7 Å². The number of aryl methyl sites for hydroxylation is 1. The highest BCUT2D eigenvalue weighted by molar-refractivity contribution is 7.10. The number of rotatable bonds is 5. The van der Waals surface area contributed by atoms with E-state index in [1.54, 1.807) is 28.4 Å². The summed E-state index contributed by atoms with van der Waals surface area (Å²) in [5, 5.41) is 2.10. The first-order chi connectivity index (χ1) is 14.1. The van der Waals surface area contributed by atoms with E-state index in [0.717, 1.165) is 17.5 Å². The summed E-state index contributed by atoms with van der Waals surface area (Å²) in [5.74, 6) is -0.0442. The van der Waals surface area contributed by atoms with Gasteiger partial charge in [0.1, 0.15) is 6.54 Å². The van der Waals surface area contributed by atoms with Crippen LogP contribution in [0.4, 0.5) is 0 Å². The summed E-state index contributed by atoms with van der Waals surface area (Å²) >= 11 is 1.75. The average molecular weight is 409 g/mol. The Morgan fingerprint density at radius 1 is 1.17 bits per heavy atom. The molecular formula is C23H24N2O3S. The topological polar surface area (TPSA) is 53.8 Å².